The number of nitrogens with one attached hydrogen (secondary N) is 1. The number of carboxylic acids is 1. The number of rotatable bonds is 5. The summed E-state index contributed by atoms with van der Waals surface area (Å²) >= 11 is 5.81. The molecule has 8 heteroatoms. The van der Waals surface area contributed by atoms with Gasteiger partial charge in [0.05, 0.1) is 22.0 Å². The number of carboxylic acid groups (broad SMARTS) is 1. The van der Waals surface area contributed by atoms with Crippen LogP contribution < -0.4 is 4.72 Å². The SMILES string of the molecule is O=C(O)Cc1ccc(S(=O)(=O)Nc2cc(F)ccc2Cl)cc1. The lowest BCUT2D eigenvalue weighted by Crippen LogP contribution is -2.13. The van der Waals surface area contributed by atoms with Gasteiger partial charge in [0.25, 0.3) is 10.0 Å². The van der Waals surface area contributed by atoms with Gasteiger partial charge in [-0.15, -0.1) is 0 Å². The molecule has 22 heavy (non-hydrogen) atoms. The third-order valence-electron chi connectivity index (χ3n) is 2.76. The fourth-order valence-electron chi connectivity index (χ4n) is 1.74. The number of anilines is 1. The Bertz CT molecular complexity index is 806. The molecule has 116 valence electrons. The quantitative estimate of drug-likeness (QED) is 0.874. The van der Waals surface area contributed by atoms with E-state index in [1.54, 1.807) is 0 Å². The lowest BCUT2D eigenvalue weighted by molar-refractivity contribution is -0.136. The summed E-state index contributed by atoms with van der Waals surface area (Å²) < 4.78 is 39.7. The molecule has 0 fully saturated rings. The molecular formula is C14H11ClFNO4S. The summed E-state index contributed by atoms with van der Waals surface area (Å²) in [6, 6.07) is 8.66. The van der Waals surface area contributed by atoms with E-state index in [1.165, 1.54) is 30.3 Å². The highest BCUT2D eigenvalue weighted by atomic mass is 35.5. The van der Waals surface area contributed by atoms with Gasteiger partial charge in [-0.05, 0) is 35.9 Å². The van der Waals surface area contributed by atoms with Gasteiger partial charge in [-0.25, -0.2) is 12.8 Å². The Hall–Kier alpha value is -2.12. The van der Waals surface area contributed by atoms with Gasteiger partial charge in [0, 0.05) is 0 Å². The Kier molecular flexibility index (Phi) is 4.68. The van der Waals surface area contributed by atoms with Crippen molar-refractivity contribution in [1.82, 2.24) is 0 Å². The molecule has 0 atom stereocenters. The Labute approximate surface area is 131 Å². The van der Waals surface area contributed by atoms with Gasteiger partial charge in [0.1, 0.15) is 5.82 Å². The molecule has 0 saturated heterocycles. The minimum atomic E-state index is -3.95. The first-order chi connectivity index (χ1) is 10.3. The molecule has 0 unspecified atom stereocenters. The minimum Gasteiger partial charge on any atom is -0.481 e. The monoisotopic (exact) mass is 343 g/mol. The fourth-order valence-corrected chi connectivity index (χ4v) is 3.03. The van der Waals surface area contributed by atoms with Crippen molar-refractivity contribution >= 4 is 33.3 Å². The Morgan fingerprint density at radius 1 is 1.18 bits per heavy atom. The molecular weight excluding hydrogens is 333 g/mol. The van der Waals surface area contributed by atoms with E-state index in [0.717, 1.165) is 12.1 Å². The van der Waals surface area contributed by atoms with Crippen LogP contribution in [0.15, 0.2) is 47.4 Å². The van der Waals surface area contributed by atoms with Crippen molar-refractivity contribution in [1.29, 1.82) is 0 Å². The maximum absolute atomic E-state index is 13.2. The molecule has 0 aliphatic heterocycles. The van der Waals surface area contributed by atoms with Crippen molar-refractivity contribution in [2.75, 3.05) is 4.72 Å². The molecule has 0 spiro atoms. The van der Waals surface area contributed by atoms with Crippen molar-refractivity contribution in [3.8, 4) is 0 Å². The molecule has 0 bridgehead atoms. The predicted molar refractivity (Wildman–Crippen MR) is 80.0 cm³/mol. The summed E-state index contributed by atoms with van der Waals surface area (Å²) in [5, 5.41) is 8.73. The predicted octanol–water partition coefficient (Wildman–Crippen LogP) is 2.91. The van der Waals surface area contributed by atoms with Crippen LogP contribution in [-0.2, 0) is 21.2 Å². The van der Waals surface area contributed by atoms with E-state index in [2.05, 4.69) is 4.72 Å². The largest absolute Gasteiger partial charge is 0.481 e. The lowest BCUT2D eigenvalue weighted by atomic mass is 10.2. The van der Waals surface area contributed by atoms with E-state index in [0.29, 0.717) is 5.56 Å². The van der Waals surface area contributed by atoms with Crippen molar-refractivity contribution in [2.45, 2.75) is 11.3 Å². The Balaban J connectivity index is 2.26. The van der Waals surface area contributed by atoms with Gasteiger partial charge in [-0.1, -0.05) is 23.7 Å². The third kappa shape index (κ3) is 3.96. The maximum atomic E-state index is 13.2. The third-order valence-corrected chi connectivity index (χ3v) is 4.47. The van der Waals surface area contributed by atoms with E-state index in [9.17, 15) is 17.6 Å². The van der Waals surface area contributed by atoms with Crippen LogP contribution in [0.2, 0.25) is 5.02 Å². The van der Waals surface area contributed by atoms with E-state index in [1.807, 2.05) is 0 Å². The zero-order valence-electron chi connectivity index (χ0n) is 11.1. The number of benzene rings is 2. The van der Waals surface area contributed by atoms with Crippen LogP contribution in [0.1, 0.15) is 5.56 Å². The molecule has 0 aliphatic rings. The zero-order valence-corrected chi connectivity index (χ0v) is 12.7. The second kappa shape index (κ2) is 6.33. The molecule has 2 aromatic carbocycles. The van der Waals surface area contributed by atoms with Crippen LogP contribution in [0.3, 0.4) is 0 Å². The summed E-state index contributed by atoms with van der Waals surface area (Å²) in [4.78, 5) is 10.5. The minimum absolute atomic E-state index is 0.0625. The Morgan fingerprint density at radius 3 is 2.41 bits per heavy atom. The number of aliphatic carboxylic acids is 1. The smallest absolute Gasteiger partial charge is 0.307 e. The molecule has 0 radical (unpaired) electrons. The van der Waals surface area contributed by atoms with Gasteiger partial charge in [0.15, 0.2) is 0 Å². The first kappa shape index (κ1) is 16.3. The van der Waals surface area contributed by atoms with Crippen LogP contribution in [0.4, 0.5) is 10.1 Å². The summed E-state index contributed by atoms with van der Waals surface area (Å²) in [5.41, 5.74) is 0.395. The number of hydrogen-bond donors (Lipinski definition) is 2. The number of halogens is 2. The highest BCUT2D eigenvalue weighted by Gasteiger charge is 2.16. The van der Waals surface area contributed by atoms with Crippen LogP contribution >= 0.6 is 11.6 Å². The molecule has 0 saturated carbocycles. The molecule has 2 aromatic rings. The number of hydrogen-bond acceptors (Lipinski definition) is 3. The van der Waals surface area contributed by atoms with Crippen molar-refractivity contribution < 1.29 is 22.7 Å². The van der Waals surface area contributed by atoms with E-state index >= 15 is 0 Å². The van der Waals surface area contributed by atoms with Gasteiger partial charge in [-0.3, -0.25) is 9.52 Å². The van der Waals surface area contributed by atoms with Gasteiger partial charge >= 0.3 is 5.97 Å². The molecule has 5 nitrogen and oxygen atoms in total. The van der Waals surface area contributed by atoms with E-state index in [4.69, 9.17) is 16.7 Å². The number of sulfonamides is 1. The maximum Gasteiger partial charge on any atom is 0.307 e. The van der Waals surface area contributed by atoms with Crippen molar-refractivity contribution in [3.05, 3.63) is 58.9 Å². The van der Waals surface area contributed by atoms with Gasteiger partial charge in [-0.2, -0.15) is 0 Å². The highest BCUT2D eigenvalue weighted by Crippen LogP contribution is 2.25. The molecule has 0 aliphatic carbocycles. The molecule has 2 N–H and O–H groups in total. The summed E-state index contributed by atoms with van der Waals surface area (Å²) in [7, 11) is -3.95. The lowest BCUT2D eigenvalue weighted by Gasteiger charge is -2.10. The fraction of sp³-hybridized carbons (Fsp3) is 0.0714. The topological polar surface area (TPSA) is 83.5 Å². The average molecular weight is 344 g/mol. The number of carbonyl (C=O) groups is 1. The second-order valence-electron chi connectivity index (χ2n) is 4.44. The first-order valence-corrected chi connectivity index (χ1v) is 7.92. The first-order valence-electron chi connectivity index (χ1n) is 6.06. The summed E-state index contributed by atoms with van der Waals surface area (Å²) in [5.74, 6) is -1.64. The van der Waals surface area contributed by atoms with Crippen LogP contribution in [-0.4, -0.2) is 19.5 Å². The normalized spacial score (nSPS) is 11.2. The van der Waals surface area contributed by atoms with E-state index < -0.39 is 21.8 Å². The van der Waals surface area contributed by atoms with Gasteiger partial charge in [0.2, 0.25) is 0 Å². The summed E-state index contributed by atoms with van der Waals surface area (Å²) in [6.07, 6.45) is -0.205. The molecule has 2 rings (SSSR count). The highest BCUT2D eigenvalue weighted by molar-refractivity contribution is 7.92. The van der Waals surface area contributed by atoms with Crippen LogP contribution in [0.25, 0.3) is 0 Å². The molecule has 0 aromatic heterocycles. The van der Waals surface area contributed by atoms with Crippen molar-refractivity contribution in [3.63, 3.8) is 0 Å². The second-order valence-corrected chi connectivity index (χ2v) is 6.53. The van der Waals surface area contributed by atoms with Crippen LogP contribution in [0, 0.1) is 5.82 Å². The molecule has 0 heterocycles. The van der Waals surface area contributed by atoms with E-state index in [-0.39, 0.29) is 22.0 Å². The average Bonchev–Trinajstić information content (AvgIpc) is 2.42. The summed E-state index contributed by atoms with van der Waals surface area (Å²) in [6.45, 7) is 0. The van der Waals surface area contributed by atoms with Crippen LogP contribution in [0.5, 0.6) is 0 Å². The zero-order chi connectivity index (χ0) is 16.3. The standard InChI is InChI=1S/C14H11ClFNO4S/c15-12-6-3-10(16)8-13(12)17-22(20,21)11-4-1-9(2-5-11)7-14(18)19/h1-6,8,17H,7H2,(H,18,19). The van der Waals surface area contributed by atoms with Gasteiger partial charge < -0.3 is 5.11 Å². The van der Waals surface area contributed by atoms with Crippen molar-refractivity contribution in [2.24, 2.45) is 0 Å². The molecule has 0 amide bonds. The Morgan fingerprint density at radius 2 is 1.82 bits per heavy atom.